The predicted octanol–water partition coefficient (Wildman–Crippen LogP) is 3.13. The van der Waals surface area contributed by atoms with E-state index in [0.717, 1.165) is 0 Å². The molecule has 0 atom stereocenters. The quantitative estimate of drug-likeness (QED) is 0.755. The Bertz CT molecular complexity index is 856. The molecule has 0 radical (unpaired) electrons. The summed E-state index contributed by atoms with van der Waals surface area (Å²) in [6, 6.07) is 5.18. The normalized spacial score (nSPS) is 10.6. The lowest BCUT2D eigenvalue weighted by molar-refractivity contribution is -0.119. The van der Waals surface area contributed by atoms with Gasteiger partial charge in [0.2, 0.25) is 0 Å². The molecule has 1 heterocycles. The lowest BCUT2D eigenvalue weighted by atomic mass is 10.1. The van der Waals surface area contributed by atoms with E-state index in [1.807, 2.05) is 0 Å². The maximum atomic E-state index is 12.8. The largest absolute Gasteiger partial charge is 0.459 e. The molecule has 0 aliphatic rings. The third-order valence-corrected chi connectivity index (χ3v) is 3.65. The molecule has 8 heteroatoms. The van der Waals surface area contributed by atoms with Crippen LogP contribution in [0.4, 0.5) is 10.1 Å². The van der Waals surface area contributed by atoms with Crippen molar-refractivity contribution >= 4 is 23.5 Å². The highest BCUT2D eigenvalue weighted by atomic mass is 19.1. The molecule has 2 rings (SSSR count). The number of halogens is 1. The van der Waals surface area contributed by atoms with Gasteiger partial charge in [-0.05, 0) is 57.5 Å². The second-order valence-electron chi connectivity index (χ2n) is 6.21. The summed E-state index contributed by atoms with van der Waals surface area (Å²) in [4.78, 5) is 39.0. The summed E-state index contributed by atoms with van der Waals surface area (Å²) < 4.78 is 23.0. The molecule has 0 saturated heterocycles. The van der Waals surface area contributed by atoms with Gasteiger partial charge >= 0.3 is 11.9 Å². The number of aromatic amines is 1. The average molecular weight is 376 g/mol. The zero-order chi connectivity index (χ0) is 20.1. The minimum atomic E-state index is -0.770. The van der Waals surface area contributed by atoms with E-state index in [1.54, 1.807) is 27.7 Å². The fourth-order valence-electron chi connectivity index (χ4n) is 2.47. The molecule has 0 fully saturated rings. The topological polar surface area (TPSA) is 97.5 Å². The van der Waals surface area contributed by atoms with Crippen LogP contribution in [0, 0.1) is 19.7 Å². The minimum Gasteiger partial charge on any atom is -0.459 e. The first kappa shape index (κ1) is 20.2. The van der Waals surface area contributed by atoms with Gasteiger partial charge in [-0.15, -0.1) is 0 Å². The van der Waals surface area contributed by atoms with Crippen molar-refractivity contribution in [2.45, 2.75) is 33.8 Å². The van der Waals surface area contributed by atoms with E-state index in [2.05, 4.69) is 10.3 Å². The van der Waals surface area contributed by atoms with E-state index in [-0.39, 0.29) is 17.4 Å². The highest BCUT2D eigenvalue weighted by Gasteiger charge is 2.24. The van der Waals surface area contributed by atoms with Gasteiger partial charge in [0.15, 0.2) is 6.61 Å². The Morgan fingerprint density at radius 3 is 2.33 bits per heavy atom. The van der Waals surface area contributed by atoms with Gasteiger partial charge in [0.25, 0.3) is 5.91 Å². The fraction of sp³-hybridized carbons (Fsp3) is 0.316. The van der Waals surface area contributed by atoms with Crippen molar-refractivity contribution in [2.24, 2.45) is 0 Å². The van der Waals surface area contributed by atoms with Crippen LogP contribution in [0.5, 0.6) is 0 Å². The van der Waals surface area contributed by atoms with Crippen molar-refractivity contribution in [1.82, 2.24) is 4.98 Å². The van der Waals surface area contributed by atoms with E-state index in [4.69, 9.17) is 9.47 Å². The number of benzene rings is 1. The van der Waals surface area contributed by atoms with E-state index in [1.165, 1.54) is 24.3 Å². The molecule has 0 unspecified atom stereocenters. The number of aromatic nitrogens is 1. The SMILES string of the molecule is Cc1[nH]c(C(=O)OCC(=O)Nc2ccc(F)cc2)c(C)c1C(=O)OC(C)C. The van der Waals surface area contributed by atoms with Crippen LogP contribution < -0.4 is 5.32 Å². The van der Waals surface area contributed by atoms with Gasteiger partial charge in [-0.1, -0.05) is 0 Å². The number of H-pyrrole nitrogens is 1. The number of carbonyl (C=O) groups excluding carboxylic acids is 3. The lowest BCUT2D eigenvalue weighted by Gasteiger charge is -2.08. The predicted molar refractivity (Wildman–Crippen MR) is 96.1 cm³/mol. The van der Waals surface area contributed by atoms with Crippen LogP contribution in [0.3, 0.4) is 0 Å². The van der Waals surface area contributed by atoms with Gasteiger partial charge in [-0.3, -0.25) is 4.79 Å². The van der Waals surface area contributed by atoms with Crippen molar-refractivity contribution in [3.05, 3.63) is 52.6 Å². The average Bonchev–Trinajstić information content (AvgIpc) is 2.89. The molecule has 1 amide bonds. The third-order valence-electron chi connectivity index (χ3n) is 3.65. The monoisotopic (exact) mass is 376 g/mol. The van der Waals surface area contributed by atoms with Crippen LogP contribution in [0.25, 0.3) is 0 Å². The number of esters is 2. The molecule has 144 valence electrons. The van der Waals surface area contributed by atoms with Crippen LogP contribution in [0.15, 0.2) is 24.3 Å². The summed E-state index contributed by atoms with van der Waals surface area (Å²) >= 11 is 0. The summed E-state index contributed by atoms with van der Waals surface area (Å²) in [6.45, 7) is 6.16. The summed E-state index contributed by atoms with van der Waals surface area (Å²) in [7, 11) is 0. The number of rotatable bonds is 6. The molecule has 1 aromatic carbocycles. The molecule has 27 heavy (non-hydrogen) atoms. The van der Waals surface area contributed by atoms with Crippen molar-refractivity contribution in [3.8, 4) is 0 Å². The summed E-state index contributed by atoms with van der Waals surface area (Å²) in [5.74, 6) is -2.31. The highest BCUT2D eigenvalue weighted by Crippen LogP contribution is 2.20. The molecule has 0 bridgehead atoms. The molecular weight excluding hydrogens is 355 g/mol. The minimum absolute atomic E-state index is 0.0813. The third kappa shape index (κ3) is 5.16. The van der Waals surface area contributed by atoms with Gasteiger partial charge in [0.1, 0.15) is 11.5 Å². The summed E-state index contributed by atoms with van der Waals surface area (Å²) in [6.07, 6.45) is -0.295. The van der Waals surface area contributed by atoms with E-state index >= 15 is 0 Å². The molecule has 2 aromatic rings. The second kappa shape index (κ2) is 8.48. The number of ether oxygens (including phenoxy) is 2. The van der Waals surface area contributed by atoms with E-state index in [0.29, 0.717) is 16.9 Å². The Labute approximate surface area is 155 Å². The molecule has 0 spiro atoms. The molecule has 7 nitrogen and oxygen atoms in total. The number of carbonyl (C=O) groups is 3. The molecule has 0 aliphatic heterocycles. The van der Waals surface area contributed by atoms with Crippen molar-refractivity contribution in [1.29, 1.82) is 0 Å². The Hall–Kier alpha value is -3.16. The van der Waals surface area contributed by atoms with Crippen LogP contribution in [-0.4, -0.2) is 35.5 Å². The van der Waals surface area contributed by atoms with Crippen LogP contribution >= 0.6 is 0 Å². The van der Waals surface area contributed by atoms with Crippen molar-refractivity contribution in [3.63, 3.8) is 0 Å². The summed E-state index contributed by atoms with van der Waals surface area (Å²) in [5, 5.41) is 2.48. The molecule has 2 N–H and O–H groups in total. The first-order chi connectivity index (χ1) is 12.7. The van der Waals surface area contributed by atoms with Crippen molar-refractivity contribution in [2.75, 3.05) is 11.9 Å². The first-order valence-electron chi connectivity index (χ1n) is 8.31. The highest BCUT2D eigenvalue weighted by molar-refractivity contribution is 5.99. The standard InChI is InChI=1S/C19H21FN2O5/c1-10(2)27-18(24)16-11(3)17(21-12(16)4)19(25)26-9-15(23)22-14-7-5-13(20)6-8-14/h5-8,10,21H,9H2,1-4H3,(H,22,23). The number of hydrogen-bond donors (Lipinski definition) is 2. The van der Waals surface area contributed by atoms with Crippen LogP contribution in [0.1, 0.15) is 46.0 Å². The molecular formula is C19H21FN2O5. The van der Waals surface area contributed by atoms with Gasteiger partial charge in [0.05, 0.1) is 11.7 Å². The lowest BCUT2D eigenvalue weighted by Crippen LogP contribution is -2.21. The Balaban J connectivity index is 2.00. The number of anilines is 1. The zero-order valence-corrected chi connectivity index (χ0v) is 15.5. The van der Waals surface area contributed by atoms with E-state index in [9.17, 15) is 18.8 Å². The number of aryl methyl sites for hydroxylation is 1. The first-order valence-corrected chi connectivity index (χ1v) is 8.31. The Kier molecular flexibility index (Phi) is 6.33. The zero-order valence-electron chi connectivity index (χ0n) is 15.5. The van der Waals surface area contributed by atoms with Gasteiger partial charge in [-0.25, -0.2) is 14.0 Å². The maximum Gasteiger partial charge on any atom is 0.355 e. The fourth-order valence-corrected chi connectivity index (χ4v) is 2.47. The molecule has 0 aliphatic carbocycles. The van der Waals surface area contributed by atoms with E-state index < -0.39 is 30.3 Å². The smallest absolute Gasteiger partial charge is 0.355 e. The van der Waals surface area contributed by atoms with Gasteiger partial charge in [0, 0.05) is 11.4 Å². The summed E-state index contributed by atoms with van der Waals surface area (Å²) in [5.41, 5.74) is 1.59. The maximum absolute atomic E-state index is 12.8. The van der Waals surface area contributed by atoms with Gasteiger partial charge < -0.3 is 19.8 Å². The van der Waals surface area contributed by atoms with Crippen LogP contribution in [-0.2, 0) is 14.3 Å². The van der Waals surface area contributed by atoms with Crippen molar-refractivity contribution < 1.29 is 28.2 Å². The Morgan fingerprint density at radius 1 is 1.11 bits per heavy atom. The second-order valence-corrected chi connectivity index (χ2v) is 6.21. The molecule has 1 aromatic heterocycles. The number of amides is 1. The number of hydrogen-bond acceptors (Lipinski definition) is 5. The molecule has 0 saturated carbocycles. The van der Waals surface area contributed by atoms with Gasteiger partial charge in [-0.2, -0.15) is 0 Å². The van der Waals surface area contributed by atoms with Crippen LogP contribution in [0.2, 0.25) is 0 Å². The Morgan fingerprint density at radius 2 is 1.74 bits per heavy atom. The number of nitrogens with one attached hydrogen (secondary N) is 2.